The molecule has 1 amide bonds. The molecule has 0 saturated heterocycles. The van der Waals surface area contributed by atoms with Crippen molar-refractivity contribution in [2.45, 2.75) is 38.4 Å². The fourth-order valence-corrected chi connectivity index (χ4v) is 4.18. The first-order valence-electron chi connectivity index (χ1n) is 9.85. The second-order valence-corrected chi connectivity index (χ2v) is 7.80. The Hall–Kier alpha value is -2.60. The minimum absolute atomic E-state index is 0.225. The number of benzene rings is 1. The lowest BCUT2D eigenvalue weighted by Gasteiger charge is -2.34. The fourth-order valence-electron chi connectivity index (χ4n) is 4.18. The Labute approximate surface area is 158 Å². The molecule has 5 rings (SSSR count). The van der Waals surface area contributed by atoms with E-state index in [1.54, 1.807) is 0 Å². The van der Waals surface area contributed by atoms with Crippen LogP contribution in [0.5, 0.6) is 0 Å². The van der Waals surface area contributed by atoms with Crippen LogP contribution in [0.25, 0.3) is 10.9 Å². The van der Waals surface area contributed by atoms with Crippen molar-refractivity contribution in [2.75, 3.05) is 13.1 Å². The van der Waals surface area contributed by atoms with Crippen molar-refractivity contribution in [2.24, 2.45) is 5.92 Å². The maximum absolute atomic E-state index is 11.9. The predicted octanol–water partition coefficient (Wildman–Crippen LogP) is 2.84. The summed E-state index contributed by atoms with van der Waals surface area (Å²) in [5, 5.41) is 8.93. The number of carbonyl (C=O) groups excluding carboxylic acids is 1. The Balaban J connectivity index is 1.28. The van der Waals surface area contributed by atoms with Gasteiger partial charge in [-0.1, -0.05) is 12.1 Å². The van der Waals surface area contributed by atoms with Crippen LogP contribution in [0.4, 0.5) is 0 Å². The predicted molar refractivity (Wildman–Crippen MR) is 104 cm³/mol. The standard InChI is InChI=1S/C21H25N5O/c27-21(15-4-5-15)23-9-6-17-13-25(14-18-7-11-24-26(17)18)12-16-2-1-3-20-19(16)8-10-22-20/h1-3,7-8,10-11,15,17,22H,4-6,9,12-14H2,(H,23,27). The number of H-pyrrole nitrogens is 1. The van der Waals surface area contributed by atoms with E-state index in [0.29, 0.717) is 6.04 Å². The molecule has 140 valence electrons. The summed E-state index contributed by atoms with van der Waals surface area (Å²) in [4.78, 5) is 17.7. The molecule has 1 fully saturated rings. The van der Waals surface area contributed by atoms with Gasteiger partial charge in [-0.15, -0.1) is 0 Å². The number of hydrogen-bond acceptors (Lipinski definition) is 3. The van der Waals surface area contributed by atoms with Crippen LogP contribution in [0.1, 0.15) is 36.6 Å². The van der Waals surface area contributed by atoms with Gasteiger partial charge in [-0.3, -0.25) is 14.4 Å². The molecular weight excluding hydrogens is 338 g/mol. The van der Waals surface area contributed by atoms with Crippen molar-refractivity contribution in [1.29, 1.82) is 0 Å². The van der Waals surface area contributed by atoms with Gasteiger partial charge in [-0.05, 0) is 43.0 Å². The second-order valence-electron chi connectivity index (χ2n) is 7.80. The zero-order valence-electron chi connectivity index (χ0n) is 15.4. The molecule has 6 nitrogen and oxygen atoms in total. The van der Waals surface area contributed by atoms with Crippen LogP contribution in [-0.2, 0) is 17.9 Å². The number of aromatic nitrogens is 3. The van der Waals surface area contributed by atoms with Gasteiger partial charge in [0, 0.05) is 55.4 Å². The number of nitrogens with one attached hydrogen (secondary N) is 2. The van der Waals surface area contributed by atoms with Gasteiger partial charge in [0.1, 0.15) is 0 Å². The van der Waals surface area contributed by atoms with E-state index in [1.807, 2.05) is 12.4 Å². The topological polar surface area (TPSA) is 66.0 Å². The number of fused-ring (bicyclic) bond motifs is 2. The molecule has 1 aliphatic heterocycles. The molecule has 1 unspecified atom stereocenters. The minimum atomic E-state index is 0.225. The summed E-state index contributed by atoms with van der Waals surface area (Å²) in [6, 6.07) is 11.0. The smallest absolute Gasteiger partial charge is 0.223 e. The Morgan fingerprint density at radius 2 is 2.19 bits per heavy atom. The molecule has 3 aromatic rings. The van der Waals surface area contributed by atoms with Gasteiger partial charge < -0.3 is 10.3 Å². The quantitative estimate of drug-likeness (QED) is 0.708. The molecule has 27 heavy (non-hydrogen) atoms. The first-order valence-corrected chi connectivity index (χ1v) is 9.85. The van der Waals surface area contributed by atoms with Crippen molar-refractivity contribution in [1.82, 2.24) is 25.0 Å². The summed E-state index contributed by atoms with van der Waals surface area (Å²) in [7, 11) is 0. The lowest BCUT2D eigenvalue weighted by molar-refractivity contribution is -0.122. The normalized spacial score (nSPS) is 19.9. The Morgan fingerprint density at radius 1 is 1.26 bits per heavy atom. The van der Waals surface area contributed by atoms with Gasteiger partial charge in [0.2, 0.25) is 5.91 Å². The fraction of sp³-hybridized carbons (Fsp3) is 0.429. The molecule has 3 heterocycles. The molecule has 0 radical (unpaired) electrons. The number of amides is 1. The molecule has 1 aromatic carbocycles. The number of nitrogens with zero attached hydrogens (tertiary/aromatic N) is 3. The third-order valence-electron chi connectivity index (χ3n) is 5.76. The van der Waals surface area contributed by atoms with Gasteiger partial charge >= 0.3 is 0 Å². The highest BCUT2D eigenvalue weighted by Crippen LogP contribution is 2.29. The molecule has 0 bridgehead atoms. The lowest BCUT2D eigenvalue weighted by Crippen LogP contribution is -2.39. The van der Waals surface area contributed by atoms with E-state index in [-0.39, 0.29) is 11.8 Å². The lowest BCUT2D eigenvalue weighted by atomic mass is 10.1. The molecule has 1 saturated carbocycles. The largest absolute Gasteiger partial charge is 0.361 e. The summed E-state index contributed by atoms with van der Waals surface area (Å²) < 4.78 is 2.15. The summed E-state index contributed by atoms with van der Waals surface area (Å²) in [5.41, 5.74) is 3.79. The monoisotopic (exact) mass is 363 g/mol. The molecule has 2 aliphatic rings. The van der Waals surface area contributed by atoms with Crippen molar-refractivity contribution in [3.8, 4) is 0 Å². The van der Waals surface area contributed by atoms with Gasteiger partial charge in [-0.2, -0.15) is 5.10 Å². The van der Waals surface area contributed by atoms with Crippen molar-refractivity contribution < 1.29 is 4.79 Å². The van der Waals surface area contributed by atoms with Gasteiger partial charge in [0.15, 0.2) is 0 Å². The molecule has 0 spiro atoms. The minimum Gasteiger partial charge on any atom is -0.361 e. The van der Waals surface area contributed by atoms with Crippen LogP contribution in [0.15, 0.2) is 42.7 Å². The zero-order valence-corrected chi connectivity index (χ0v) is 15.4. The van der Waals surface area contributed by atoms with Crippen molar-refractivity contribution in [3.05, 3.63) is 54.0 Å². The average Bonchev–Trinajstić information content (AvgIpc) is 3.21. The van der Waals surface area contributed by atoms with Crippen LogP contribution in [0, 0.1) is 5.92 Å². The maximum Gasteiger partial charge on any atom is 0.223 e. The molecule has 6 heteroatoms. The molecule has 1 aliphatic carbocycles. The Morgan fingerprint density at radius 3 is 3.07 bits per heavy atom. The number of aromatic amines is 1. The van der Waals surface area contributed by atoms with E-state index < -0.39 is 0 Å². The first-order chi connectivity index (χ1) is 13.3. The van der Waals surface area contributed by atoms with Crippen LogP contribution >= 0.6 is 0 Å². The summed E-state index contributed by atoms with van der Waals surface area (Å²) in [5.74, 6) is 0.498. The van der Waals surface area contributed by atoms with Crippen LogP contribution in [-0.4, -0.2) is 38.7 Å². The molecule has 2 aromatic heterocycles. The molecule has 1 atom stereocenters. The highest BCUT2D eigenvalue weighted by atomic mass is 16.2. The SMILES string of the molecule is O=C(NCCC1CN(Cc2cccc3[nH]ccc23)Cc2ccnn21)C1CC1. The average molecular weight is 363 g/mol. The van der Waals surface area contributed by atoms with Crippen molar-refractivity contribution in [3.63, 3.8) is 0 Å². The Kier molecular flexibility index (Phi) is 4.20. The zero-order chi connectivity index (χ0) is 18.2. The van der Waals surface area contributed by atoms with E-state index in [0.717, 1.165) is 45.4 Å². The first kappa shape index (κ1) is 16.6. The highest BCUT2D eigenvalue weighted by molar-refractivity contribution is 5.82. The Bertz CT molecular complexity index is 954. The third kappa shape index (κ3) is 3.37. The second kappa shape index (κ2) is 6.85. The summed E-state index contributed by atoms with van der Waals surface area (Å²) >= 11 is 0. The van der Waals surface area contributed by atoms with E-state index in [9.17, 15) is 4.79 Å². The van der Waals surface area contributed by atoms with E-state index in [4.69, 9.17) is 0 Å². The number of rotatable bonds is 6. The van der Waals surface area contributed by atoms with E-state index in [2.05, 4.69) is 55.3 Å². The number of carbonyl (C=O) groups is 1. The third-order valence-corrected chi connectivity index (χ3v) is 5.76. The highest BCUT2D eigenvalue weighted by Gasteiger charge is 2.30. The summed E-state index contributed by atoms with van der Waals surface area (Å²) in [6.07, 6.45) is 6.92. The maximum atomic E-state index is 11.9. The molecule has 2 N–H and O–H groups in total. The van der Waals surface area contributed by atoms with Gasteiger partial charge in [0.05, 0.1) is 11.7 Å². The van der Waals surface area contributed by atoms with E-state index in [1.165, 1.54) is 22.2 Å². The molecular formula is C21H25N5O. The van der Waals surface area contributed by atoms with Gasteiger partial charge in [0.25, 0.3) is 0 Å². The van der Waals surface area contributed by atoms with E-state index >= 15 is 0 Å². The summed E-state index contributed by atoms with van der Waals surface area (Å²) in [6.45, 7) is 3.51. The number of hydrogen-bond donors (Lipinski definition) is 2. The van der Waals surface area contributed by atoms with Crippen LogP contribution in [0.3, 0.4) is 0 Å². The van der Waals surface area contributed by atoms with Crippen molar-refractivity contribution >= 4 is 16.8 Å². The van der Waals surface area contributed by atoms with Crippen LogP contribution in [0.2, 0.25) is 0 Å². The van der Waals surface area contributed by atoms with Gasteiger partial charge in [-0.25, -0.2) is 0 Å². The van der Waals surface area contributed by atoms with Crippen LogP contribution < -0.4 is 5.32 Å².